The molecule has 1 heterocycles. The number of nitrogens with zero attached hydrogens (tertiary/aromatic N) is 2. The highest BCUT2D eigenvalue weighted by atomic mass is 127. The second-order valence-electron chi connectivity index (χ2n) is 3.69. The monoisotopic (exact) mass is 393 g/mol. The normalized spacial score (nSPS) is 12.2. The van der Waals surface area contributed by atoms with Crippen LogP contribution in [0.2, 0.25) is 0 Å². The van der Waals surface area contributed by atoms with Gasteiger partial charge in [0.25, 0.3) is 0 Å². The lowest BCUT2D eigenvalue weighted by atomic mass is 10.3. The second kappa shape index (κ2) is 6.64. The molecule has 0 aliphatic heterocycles. The van der Waals surface area contributed by atoms with E-state index in [1.807, 2.05) is 29.5 Å². The zero-order valence-electron chi connectivity index (χ0n) is 9.97. The number of rotatable bonds is 6. The van der Waals surface area contributed by atoms with Gasteiger partial charge in [0.15, 0.2) is 5.82 Å². The van der Waals surface area contributed by atoms with Gasteiger partial charge in [0.2, 0.25) is 0 Å². The molecular weight excluding hydrogens is 381 g/mol. The standard InChI is InChI=1S/C10H12F4IN3O/c1-2-5-7(15)8(16)18-6(17-5)3-19-4-10(13,14)9(11)12/h9H,2-4H2,1H3,(H2,16,17,18). The zero-order valence-corrected chi connectivity index (χ0v) is 12.1. The maximum absolute atomic E-state index is 12.6. The van der Waals surface area contributed by atoms with E-state index in [0.29, 0.717) is 15.7 Å². The molecule has 19 heavy (non-hydrogen) atoms. The van der Waals surface area contributed by atoms with Crippen molar-refractivity contribution < 1.29 is 22.3 Å². The Morgan fingerprint density at radius 3 is 2.53 bits per heavy atom. The SMILES string of the molecule is CCc1nc(COCC(F)(F)C(F)F)nc(N)c1I. The molecule has 0 aliphatic rings. The van der Waals surface area contributed by atoms with Crippen molar-refractivity contribution in [2.75, 3.05) is 12.3 Å². The topological polar surface area (TPSA) is 61.0 Å². The number of alkyl halides is 4. The summed E-state index contributed by atoms with van der Waals surface area (Å²) in [6.07, 6.45) is -3.17. The number of anilines is 1. The Hall–Kier alpha value is -0.710. The third-order valence-electron chi connectivity index (χ3n) is 2.17. The van der Waals surface area contributed by atoms with Gasteiger partial charge in [-0.2, -0.15) is 8.78 Å². The van der Waals surface area contributed by atoms with Crippen molar-refractivity contribution in [2.45, 2.75) is 32.3 Å². The molecule has 1 rings (SSSR count). The molecule has 0 bridgehead atoms. The van der Waals surface area contributed by atoms with Crippen LogP contribution in [0, 0.1) is 3.57 Å². The Morgan fingerprint density at radius 2 is 2.00 bits per heavy atom. The largest absolute Gasteiger partial charge is 0.383 e. The summed E-state index contributed by atoms with van der Waals surface area (Å²) in [5.41, 5.74) is 6.28. The van der Waals surface area contributed by atoms with E-state index in [1.54, 1.807) is 0 Å². The molecule has 0 spiro atoms. The smallest absolute Gasteiger partial charge is 0.330 e. The first kappa shape index (κ1) is 16.3. The van der Waals surface area contributed by atoms with Gasteiger partial charge in [-0.3, -0.25) is 0 Å². The molecule has 4 nitrogen and oxygen atoms in total. The summed E-state index contributed by atoms with van der Waals surface area (Å²) in [5, 5.41) is 0. The van der Waals surface area contributed by atoms with Crippen LogP contribution in [0.15, 0.2) is 0 Å². The van der Waals surface area contributed by atoms with Gasteiger partial charge in [0, 0.05) is 0 Å². The average Bonchev–Trinajstić information content (AvgIpc) is 2.33. The Labute approximate surface area is 120 Å². The summed E-state index contributed by atoms with van der Waals surface area (Å²) in [7, 11) is 0. The minimum atomic E-state index is -4.18. The van der Waals surface area contributed by atoms with Crippen LogP contribution >= 0.6 is 22.6 Å². The molecular formula is C10H12F4IN3O. The molecule has 2 N–H and O–H groups in total. The quantitative estimate of drug-likeness (QED) is 0.597. The van der Waals surface area contributed by atoms with Gasteiger partial charge in [0.1, 0.15) is 19.0 Å². The summed E-state index contributed by atoms with van der Waals surface area (Å²) in [6, 6.07) is 0. The lowest BCUT2D eigenvalue weighted by Crippen LogP contribution is -2.32. The molecule has 108 valence electrons. The summed E-state index contributed by atoms with van der Waals surface area (Å²) in [5.74, 6) is -3.87. The van der Waals surface area contributed by atoms with Crippen LogP contribution < -0.4 is 5.73 Å². The fraction of sp³-hybridized carbons (Fsp3) is 0.600. The molecule has 0 amide bonds. The molecule has 0 saturated heterocycles. The minimum Gasteiger partial charge on any atom is -0.383 e. The van der Waals surface area contributed by atoms with Crippen molar-refractivity contribution in [3.63, 3.8) is 0 Å². The fourth-order valence-electron chi connectivity index (χ4n) is 1.21. The number of nitrogen functional groups attached to an aromatic ring is 1. The Morgan fingerprint density at radius 1 is 1.37 bits per heavy atom. The van der Waals surface area contributed by atoms with Crippen molar-refractivity contribution in [3.05, 3.63) is 15.1 Å². The van der Waals surface area contributed by atoms with Gasteiger partial charge >= 0.3 is 12.3 Å². The van der Waals surface area contributed by atoms with Crippen molar-refractivity contribution >= 4 is 28.4 Å². The van der Waals surface area contributed by atoms with Crippen LogP contribution in [-0.4, -0.2) is 28.9 Å². The summed E-state index contributed by atoms with van der Waals surface area (Å²) < 4.78 is 54.2. The van der Waals surface area contributed by atoms with E-state index in [4.69, 9.17) is 5.73 Å². The first-order valence-corrected chi connectivity index (χ1v) is 6.40. The van der Waals surface area contributed by atoms with E-state index in [-0.39, 0.29) is 11.6 Å². The van der Waals surface area contributed by atoms with Crippen molar-refractivity contribution in [1.82, 2.24) is 9.97 Å². The fourth-order valence-corrected chi connectivity index (χ4v) is 1.83. The molecule has 0 aliphatic carbocycles. The summed E-state index contributed by atoms with van der Waals surface area (Å²) in [4.78, 5) is 7.91. The number of aromatic nitrogens is 2. The van der Waals surface area contributed by atoms with Gasteiger partial charge in [-0.1, -0.05) is 6.92 Å². The summed E-state index contributed by atoms with van der Waals surface area (Å²) in [6.45, 7) is 0.0668. The van der Waals surface area contributed by atoms with E-state index < -0.39 is 25.6 Å². The van der Waals surface area contributed by atoms with Crippen LogP contribution in [0.4, 0.5) is 23.4 Å². The second-order valence-corrected chi connectivity index (χ2v) is 4.77. The number of nitrogens with two attached hydrogens (primary N) is 1. The lowest BCUT2D eigenvalue weighted by molar-refractivity contribution is -0.168. The molecule has 0 radical (unpaired) electrons. The highest BCUT2D eigenvalue weighted by Gasteiger charge is 2.41. The Kier molecular flexibility index (Phi) is 5.71. The predicted molar refractivity (Wildman–Crippen MR) is 69.1 cm³/mol. The van der Waals surface area contributed by atoms with E-state index in [2.05, 4.69) is 14.7 Å². The van der Waals surface area contributed by atoms with E-state index in [0.717, 1.165) is 0 Å². The predicted octanol–water partition coefficient (Wildman–Crippen LogP) is 2.64. The van der Waals surface area contributed by atoms with Crippen LogP contribution in [0.3, 0.4) is 0 Å². The number of hydrogen-bond acceptors (Lipinski definition) is 4. The van der Waals surface area contributed by atoms with Gasteiger partial charge in [-0.05, 0) is 29.0 Å². The molecule has 0 fully saturated rings. The van der Waals surface area contributed by atoms with Gasteiger partial charge in [0.05, 0.1) is 9.26 Å². The number of hydrogen-bond donors (Lipinski definition) is 1. The number of ether oxygens (including phenoxy) is 1. The third-order valence-corrected chi connectivity index (χ3v) is 3.35. The molecule has 0 aromatic carbocycles. The van der Waals surface area contributed by atoms with E-state index in [1.165, 1.54) is 0 Å². The van der Waals surface area contributed by atoms with Crippen molar-refractivity contribution in [2.24, 2.45) is 0 Å². The lowest BCUT2D eigenvalue weighted by Gasteiger charge is -2.15. The van der Waals surface area contributed by atoms with Gasteiger partial charge in [-0.25, -0.2) is 18.7 Å². The van der Waals surface area contributed by atoms with Gasteiger partial charge in [-0.15, -0.1) is 0 Å². The summed E-state index contributed by atoms with van der Waals surface area (Å²) >= 11 is 1.97. The van der Waals surface area contributed by atoms with Crippen molar-refractivity contribution in [1.29, 1.82) is 0 Å². The first-order chi connectivity index (χ1) is 8.77. The molecule has 0 unspecified atom stereocenters. The third kappa shape index (κ3) is 4.41. The Bertz CT molecular complexity index is 445. The van der Waals surface area contributed by atoms with E-state index >= 15 is 0 Å². The zero-order chi connectivity index (χ0) is 14.6. The maximum atomic E-state index is 12.6. The van der Waals surface area contributed by atoms with Crippen LogP contribution in [0.25, 0.3) is 0 Å². The highest BCUT2D eigenvalue weighted by molar-refractivity contribution is 14.1. The van der Waals surface area contributed by atoms with Crippen LogP contribution in [-0.2, 0) is 17.8 Å². The number of halogens is 5. The molecule has 0 saturated carbocycles. The average molecular weight is 393 g/mol. The van der Waals surface area contributed by atoms with Crippen LogP contribution in [0.1, 0.15) is 18.4 Å². The number of aryl methyl sites for hydroxylation is 1. The van der Waals surface area contributed by atoms with Gasteiger partial charge < -0.3 is 10.5 Å². The van der Waals surface area contributed by atoms with Crippen molar-refractivity contribution in [3.8, 4) is 0 Å². The first-order valence-electron chi connectivity index (χ1n) is 5.32. The molecule has 9 heteroatoms. The minimum absolute atomic E-state index is 0.0971. The molecule has 1 aromatic heterocycles. The Balaban J connectivity index is 2.67. The maximum Gasteiger partial charge on any atom is 0.330 e. The van der Waals surface area contributed by atoms with E-state index in [9.17, 15) is 17.6 Å². The highest BCUT2D eigenvalue weighted by Crippen LogP contribution is 2.23. The molecule has 1 aromatic rings. The molecule has 0 atom stereocenters. The van der Waals surface area contributed by atoms with Crippen LogP contribution in [0.5, 0.6) is 0 Å².